The first kappa shape index (κ1) is 13.4. The van der Waals surface area contributed by atoms with Gasteiger partial charge in [-0.2, -0.15) is 8.78 Å². The first-order valence-corrected chi connectivity index (χ1v) is 5.81. The van der Waals surface area contributed by atoms with Crippen molar-refractivity contribution in [3.05, 3.63) is 0 Å². The van der Waals surface area contributed by atoms with Crippen LogP contribution in [0.15, 0.2) is 0 Å². The van der Waals surface area contributed by atoms with Crippen LogP contribution < -0.4 is 10.6 Å². The van der Waals surface area contributed by atoms with Gasteiger partial charge in [0.2, 0.25) is 0 Å². The van der Waals surface area contributed by atoms with E-state index in [1.165, 1.54) is 0 Å². The van der Waals surface area contributed by atoms with Gasteiger partial charge < -0.3 is 10.6 Å². The monoisotopic (exact) mass is 234 g/mol. The van der Waals surface area contributed by atoms with Crippen molar-refractivity contribution in [1.29, 1.82) is 0 Å². The highest BCUT2D eigenvalue weighted by Gasteiger charge is 2.40. The molecule has 5 heteroatoms. The number of hydrogen-bond acceptors (Lipinski definition) is 2. The molecule has 0 saturated carbocycles. The van der Waals surface area contributed by atoms with Crippen LogP contribution in [0.25, 0.3) is 0 Å². The van der Waals surface area contributed by atoms with Gasteiger partial charge in [-0.1, -0.05) is 13.8 Å². The molecule has 1 amide bonds. The minimum atomic E-state index is -3.24. The molecule has 1 saturated heterocycles. The van der Waals surface area contributed by atoms with Gasteiger partial charge in [-0.05, 0) is 31.8 Å². The van der Waals surface area contributed by atoms with E-state index in [9.17, 15) is 13.6 Å². The van der Waals surface area contributed by atoms with Gasteiger partial charge in [-0.3, -0.25) is 4.79 Å². The summed E-state index contributed by atoms with van der Waals surface area (Å²) in [5.41, 5.74) is 0. The molecule has 1 rings (SSSR count). The summed E-state index contributed by atoms with van der Waals surface area (Å²) in [7, 11) is 0. The second-order valence-corrected chi connectivity index (χ2v) is 4.80. The van der Waals surface area contributed by atoms with Crippen molar-refractivity contribution in [2.75, 3.05) is 13.1 Å². The number of hydrogen-bond donors (Lipinski definition) is 2. The van der Waals surface area contributed by atoms with Crippen LogP contribution in [0.2, 0.25) is 0 Å². The predicted molar refractivity (Wildman–Crippen MR) is 58.4 cm³/mol. The first-order valence-electron chi connectivity index (χ1n) is 5.81. The lowest BCUT2D eigenvalue weighted by molar-refractivity contribution is -0.148. The molecule has 0 aromatic heterocycles. The number of halogens is 2. The molecule has 3 nitrogen and oxygen atoms in total. The van der Waals surface area contributed by atoms with E-state index in [-0.39, 0.29) is 18.4 Å². The Hall–Kier alpha value is -0.710. The van der Waals surface area contributed by atoms with Crippen LogP contribution in [0, 0.1) is 5.92 Å². The standard InChI is InChI=1S/C11H20F2N2O/c1-8(2)7-11(12,13)10(16)15-9-3-5-14-6-4-9/h8-9,14H,3-7H2,1-2H3,(H,15,16). The van der Waals surface area contributed by atoms with Crippen LogP contribution in [0.5, 0.6) is 0 Å². The van der Waals surface area contributed by atoms with Gasteiger partial charge >= 0.3 is 5.92 Å². The van der Waals surface area contributed by atoms with Crippen LogP contribution in [-0.2, 0) is 4.79 Å². The van der Waals surface area contributed by atoms with E-state index in [0.29, 0.717) is 0 Å². The van der Waals surface area contributed by atoms with Gasteiger partial charge in [0.1, 0.15) is 0 Å². The first-order chi connectivity index (χ1) is 7.42. The van der Waals surface area contributed by atoms with E-state index in [1.807, 2.05) is 0 Å². The van der Waals surface area contributed by atoms with Gasteiger partial charge in [-0.15, -0.1) is 0 Å². The summed E-state index contributed by atoms with van der Waals surface area (Å²) in [5, 5.41) is 5.56. The molecule has 16 heavy (non-hydrogen) atoms. The SMILES string of the molecule is CC(C)CC(F)(F)C(=O)NC1CCNCC1. The lowest BCUT2D eigenvalue weighted by Crippen LogP contribution is -2.49. The van der Waals surface area contributed by atoms with E-state index >= 15 is 0 Å². The molecule has 0 spiro atoms. The number of rotatable bonds is 4. The number of amides is 1. The van der Waals surface area contributed by atoms with E-state index < -0.39 is 11.8 Å². The highest BCUT2D eigenvalue weighted by Crippen LogP contribution is 2.24. The average Bonchev–Trinajstić information content (AvgIpc) is 2.17. The molecule has 1 aliphatic rings. The molecule has 1 fully saturated rings. The number of alkyl halides is 2. The summed E-state index contributed by atoms with van der Waals surface area (Å²) >= 11 is 0. The summed E-state index contributed by atoms with van der Waals surface area (Å²) in [4.78, 5) is 11.4. The molecule has 0 atom stereocenters. The zero-order chi connectivity index (χ0) is 12.2. The van der Waals surface area contributed by atoms with Crippen LogP contribution in [0.3, 0.4) is 0 Å². The Bertz CT molecular complexity index is 238. The molecule has 2 N–H and O–H groups in total. The Morgan fingerprint density at radius 3 is 2.50 bits per heavy atom. The second-order valence-electron chi connectivity index (χ2n) is 4.80. The summed E-state index contributed by atoms with van der Waals surface area (Å²) in [6.45, 7) is 4.93. The van der Waals surface area contributed by atoms with Gasteiger partial charge in [0.25, 0.3) is 5.91 Å². The number of nitrogens with one attached hydrogen (secondary N) is 2. The fraction of sp³-hybridized carbons (Fsp3) is 0.909. The topological polar surface area (TPSA) is 41.1 Å². The van der Waals surface area contributed by atoms with E-state index in [2.05, 4.69) is 10.6 Å². The molecule has 0 aliphatic carbocycles. The van der Waals surface area contributed by atoms with Crippen molar-refractivity contribution in [2.24, 2.45) is 5.92 Å². The highest BCUT2D eigenvalue weighted by atomic mass is 19.3. The van der Waals surface area contributed by atoms with Crippen molar-refractivity contribution in [3.63, 3.8) is 0 Å². The highest BCUT2D eigenvalue weighted by molar-refractivity contribution is 5.83. The van der Waals surface area contributed by atoms with E-state index in [0.717, 1.165) is 25.9 Å². The van der Waals surface area contributed by atoms with Crippen LogP contribution in [-0.4, -0.2) is 31.0 Å². The average molecular weight is 234 g/mol. The van der Waals surface area contributed by atoms with Crippen molar-refractivity contribution >= 4 is 5.91 Å². The Balaban J connectivity index is 2.43. The summed E-state index contributed by atoms with van der Waals surface area (Å²) < 4.78 is 26.8. The van der Waals surface area contributed by atoms with Crippen molar-refractivity contribution in [2.45, 2.75) is 45.1 Å². The number of piperidine rings is 1. The molecule has 1 heterocycles. The molecule has 0 aromatic carbocycles. The van der Waals surface area contributed by atoms with Crippen molar-refractivity contribution in [1.82, 2.24) is 10.6 Å². The normalized spacial score (nSPS) is 18.8. The fourth-order valence-corrected chi connectivity index (χ4v) is 1.86. The Kier molecular flexibility index (Phi) is 4.65. The maximum atomic E-state index is 13.4. The maximum absolute atomic E-state index is 13.4. The molecular weight excluding hydrogens is 214 g/mol. The van der Waals surface area contributed by atoms with Crippen LogP contribution in [0.1, 0.15) is 33.1 Å². The third kappa shape index (κ3) is 4.04. The Morgan fingerprint density at radius 1 is 1.44 bits per heavy atom. The Morgan fingerprint density at radius 2 is 2.00 bits per heavy atom. The molecular formula is C11H20F2N2O. The zero-order valence-electron chi connectivity index (χ0n) is 9.85. The molecule has 0 bridgehead atoms. The summed E-state index contributed by atoms with van der Waals surface area (Å²) in [6, 6.07) is -0.105. The van der Waals surface area contributed by atoms with E-state index in [4.69, 9.17) is 0 Å². The Labute approximate surface area is 95.0 Å². The molecule has 0 radical (unpaired) electrons. The smallest absolute Gasteiger partial charge is 0.324 e. The number of carbonyl (C=O) groups is 1. The fourth-order valence-electron chi connectivity index (χ4n) is 1.86. The quantitative estimate of drug-likeness (QED) is 0.774. The predicted octanol–water partition coefficient (Wildman–Crippen LogP) is 1.54. The summed E-state index contributed by atoms with van der Waals surface area (Å²) in [5.74, 6) is -4.54. The van der Waals surface area contributed by atoms with Crippen LogP contribution in [0.4, 0.5) is 8.78 Å². The lowest BCUT2D eigenvalue weighted by atomic mass is 10.0. The third-order valence-corrected chi connectivity index (χ3v) is 2.67. The van der Waals surface area contributed by atoms with Gasteiger partial charge in [0.15, 0.2) is 0 Å². The van der Waals surface area contributed by atoms with Gasteiger partial charge in [0, 0.05) is 12.5 Å². The van der Waals surface area contributed by atoms with Gasteiger partial charge in [-0.25, -0.2) is 0 Å². The minimum Gasteiger partial charge on any atom is -0.348 e. The molecule has 0 aromatic rings. The maximum Gasteiger partial charge on any atom is 0.324 e. The van der Waals surface area contributed by atoms with Crippen molar-refractivity contribution in [3.8, 4) is 0 Å². The van der Waals surface area contributed by atoms with E-state index in [1.54, 1.807) is 13.8 Å². The third-order valence-electron chi connectivity index (χ3n) is 2.67. The summed E-state index contributed by atoms with van der Waals surface area (Å²) in [6.07, 6.45) is 1.07. The van der Waals surface area contributed by atoms with Crippen LogP contribution >= 0.6 is 0 Å². The molecule has 0 unspecified atom stereocenters. The molecule has 94 valence electrons. The zero-order valence-corrected chi connectivity index (χ0v) is 9.85. The number of carbonyl (C=O) groups excluding carboxylic acids is 1. The molecule has 1 aliphatic heterocycles. The van der Waals surface area contributed by atoms with Gasteiger partial charge in [0.05, 0.1) is 0 Å². The largest absolute Gasteiger partial charge is 0.348 e. The lowest BCUT2D eigenvalue weighted by Gasteiger charge is -2.26. The van der Waals surface area contributed by atoms with Crippen molar-refractivity contribution < 1.29 is 13.6 Å². The minimum absolute atomic E-state index is 0.105. The second kappa shape index (κ2) is 5.57.